The van der Waals surface area contributed by atoms with Gasteiger partial charge in [0.15, 0.2) is 0 Å². The lowest BCUT2D eigenvalue weighted by molar-refractivity contribution is -0.124. The van der Waals surface area contributed by atoms with Crippen LogP contribution < -0.4 is 15.0 Å². The number of nitrogens with one attached hydrogen (secondary N) is 1. The van der Waals surface area contributed by atoms with Gasteiger partial charge in [0.1, 0.15) is 11.6 Å². The van der Waals surface area contributed by atoms with Crippen molar-refractivity contribution in [3.8, 4) is 16.9 Å². The molecule has 3 aromatic rings. The van der Waals surface area contributed by atoms with Crippen molar-refractivity contribution in [1.29, 1.82) is 0 Å². The highest BCUT2D eigenvalue weighted by Crippen LogP contribution is 2.38. The molecule has 3 aromatic heterocycles. The summed E-state index contributed by atoms with van der Waals surface area (Å²) in [5.41, 5.74) is 4.03. The van der Waals surface area contributed by atoms with Gasteiger partial charge in [-0.1, -0.05) is 0 Å². The summed E-state index contributed by atoms with van der Waals surface area (Å²) in [6.45, 7) is 7.19. The zero-order valence-electron chi connectivity index (χ0n) is 28.2. The van der Waals surface area contributed by atoms with Crippen LogP contribution in [0.4, 0.5) is 10.6 Å². The molecule has 0 bridgehead atoms. The van der Waals surface area contributed by atoms with E-state index in [1.165, 1.54) is 0 Å². The molecule has 2 aliphatic rings. The third-order valence-corrected chi connectivity index (χ3v) is 9.76. The average Bonchev–Trinajstić information content (AvgIpc) is 3.60. The van der Waals surface area contributed by atoms with Gasteiger partial charge in [-0.15, -0.1) is 0 Å². The fourth-order valence-corrected chi connectivity index (χ4v) is 6.92. The normalized spacial score (nSPS) is 21.3. The number of rotatable bonds is 12. The Labute approximate surface area is 278 Å². The number of carbonyl (C=O) groups is 2. The second kappa shape index (κ2) is 16.2. The summed E-state index contributed by atoms with van der Waals surface area (Å²) in [5, 5.41) is 15.9. The molecule has 254 valence electrons. The van der Waals surface area contributed by atoms with Gasteiger partial charge in [0, 0.05) is 54.6 Å². The first-order valence-corrected chi connectivity index (χ1v) is 17.1. The molecule has 0 aromatic carbocycles. The maximum absolute atomic E-state index is 14.3. The smallest absolute Gasteiger partial charge is 0.407 e. The zero-order valence-corrected chi connectivity index (χ0v) is 28.2. The molecule has 11 heteroatoms. The van der Waals surface area contributed by atoms with E-state index < -0.39 is 6.09 Å². The molecule has 0 unspecified atom stereocenters. The molecule has 2 saturated carbocycles. The lowest BCUT2D eigenvalue weighted by Gasteiger charge is -2.35. The monoisotopic (exact) mass is 646 g/mol. The Kier molecular flexibility index (Phi) is 11.8. The number of aromatic nitrogens is 4. The van der Waals surface area contributed by atoms with Crippen molar-refractivity contribution in [2.24, 2.45) is 17.8 Å². The standard InChI is InChI=1S/C36H50N6O5/c1-24(2)42-22-31(20-39-42)30-15-16-37-34(19-30)41(35(44)29-11-7-27(8-12-29)23-47-36(45)38-17-18-43)21-26-5-9-28(10-6-26)32-13-14-33(46-4)25(3)40-32/h13-16,19-20,22,24,26-29,43H,5-12,17-18,21,23H2,1-4H3,(H,38,45). The van der Waals surface area contributed by atoms with Gasteiger partial charge in [0.2, 0.25) is 5.91 Å². The molecule has 11 nitrogen and oxygen atoms in total. The Hall–Kier alpha value is -3.99. The largest absolute Gasteiger partial charge is 0.495 e. The van der Waals surface area contributed by atoms with E-state index in [0.717, 1.165) is 79.6 Å². The number of nitrogens with zero attached hydrogens (tertiary/aromatic N) is 5. The van der Waals surface area contributed by atoms with Crippen LogP contribution in [-0.2, 0) is 9.53 Å². The third kappa shape index (κ3) is 8.88. The summed E-state index contributed by atoms with van der Waals surface area (Å²) in [6.07, 6.45) is 12.4. The van der Waals surface area contributed by atoms with Crippen LogP contribution in [0.2, 0.25) is 0 Å². The predicted molar refractivity (Wildman–Crippen MR) is 180 cm³/mol. The van der Waals surface area contributed by atoms with Crippen LogP contribution >= 0.6 is 0 Å². The molecular formula is C36H50N6O5. The van der Waals surface area contributed by atoms with E-state index in [0.29, 0.717) is 30.8 Å². The number of ether oxygens (including phenoxy) is 2. The summed E-state index contributed by atoms with van der Waals surface area (Å²) >= 11 is 0. The number of methoxy groups -OCH3 is 1. The topological polar surface area (TPSA) is 132 Å². The van der Waals surface area contributed by atoms with Gasteiger partial charge in [-0.3, -0.25) is 19.4 Å². The Morgan fingerprint density at radius 3 is 2.45 bits per heavy atom. The molecule has 2 fully saturated rings. The molecule has 47 heavy (non-hydrogen) atoms. The van der Waals surface area contributed by atoms with Crippen molar-refractivity contribution in [2.45, 2.75) is 84.1 Å². The molecule has 0 spiro atoms. The Bertz CT molecular complexity index is 1480. The average molecular weight is 647 g/mol. The molecule has 3 heterocycles. The van der Waals surface area contributed by atoms with Gasteiger partial charge in [0.05, 0.1) is 32.2 Å². The molecule has 0 aliphatic heterocycles. The number of aliphatic hydroxyl groups excluding tert-OH is 1. The van der Waals surface area contributed by atoms with E-state index in [9.17, 15) is 9.59 Å². The van der Waals surface area contributed by atoms with E-state index in [-0.39, 0.29) is 36.9 Å². The minimum absolute atomic E-state index is 0.105. The van der Waals surface area contributed by atoms with Crippen molar-refractivity contribution >= 4 is 17.8 Å². The summed E-state index contributed by atoms with van der Waals surface area (Å²) in [7, 11) is 1.67. The van der Waals surface area contributed by atoms with E-state index in [2.05, 4.69) is 30.3 Å². The first-order valence-electron chi connectivity index (χ1n) is 17.1. The Morgan fingerprint density at radius 1 is 1.04 bits per heavy atom. The van der Waals surface area contributed by atoms with Gasteiger partial charge in [-0.05, 0) is 114 Å². The van der Waals surface area contributed by atoms with Gasteiger partial charge >= 0.3 is 6.09 Å². The highest BCUT2D eigenvalue weighted by atomic mass is 16.5. The second-order valence-corrected chi connectivity index (χ2v) is 13.4. The van der Waals surface area contributed by atoms with Gasteiger partial charge in [-0.25, -0.2) is 9.78 Å². The van der Waals surface area contributed by atoms with Gasteiger partial charge in [0.25, 0.3) is 0 Å². The van der Waals surface area contributed by atoms with Crippen molar-refractivity contribution in [3.63, 3.8) is 0 Å². The summed E-state index contributed by atoms with van der Waals surface area (Å²) in [4.78, 5) is 37.7. The Balaban J connectivity index is 1.28. The first-order chi connectivity index (χ1) is 22.7. The molecule has 0 atom stereocenters. The van der Waals surface area contributed by atoms with Gasteiger partial charge < -0.3 is 19.9 Å². The molecule has 2 N–H and O–H groups in total. The van der Waals surface area contributed by atoms with Crippen LogP contribution in [0.15, 0.2) is 42.9 Å². The highest BCUT2D eigenvalue weighted by Gasteiger charge is 2.34. The van der Waals surface area contributed by atoms with Crippen molar-refractivity contribution < 1.29 is 24.2 Å². The number of alkyl carbamates (subject to hydrolysis) is 1. The second-order valence-electron chi connectivity index (χ2n) is 13.4. The number of aryl methyl sites for hydroxylation is 1. The quantitative estimate of drug-likeness (QED) is 0.242. The minimum Gasteiger partial charge on any atom is -0.495 e. The van der Waals surface area contributed by atoms with Gasteiger partial charge in [-0.2, -0.15) is 5.10 Å². The zero-order chi connectivity index (χ0) is 33.3. The number of aliphatic hydroxyl groups is 1. The molecule has 2 aliphatic carbocycles. The van der Waals surface area contributed by atoms with E-state index in [4.69, 9.17) is 24.5 Å². The maximum atomic E-state index is 14.3. The summed E-state index contributed by atoms with van der Waals surface area (Å²) < 4.78 is 12.7. The van der Waals surface area contributed by atoms with Crippen molar-refractivity contribution in [3.05, 3.63) is 54.2 Å². The predicted octanol–water partition coefficient (Wildman–Crippen LogP) is 6.07. The number of amides is 2. The summed E-state index contributed by atoms with van der Waals surface area (Å²) in [6, 6.07) is 8.36. The van der Waals surface area contributed by atoms with Crippen molar-refractivity contribution in [1.82, 2.24) is 25.1 Å². The van der Waals surface area contributed by atoms with Crippen LogP contribution in [0.25, 0.3) is 11.1 Å². The molecular weight excluding hydrogens is 596 g/mol. The number of pyridine rings is 2. The molecule has 0 radical (unpaired) electrons. The lowest BCUT2D eigenvalue weighted by Crippen LogP contribution is -2.42. The van der Waals surface area contributed by atoms with E-state index >= 15 is 0 Å². The van der Waals surface area contributed by atoms with Crippen LogP contribution in [0.3, 0.4) is 0 Å². The lowest BCUT2D eigenvalue weighted by atomic mass is 9.79. The van der Waals surface area contributed by atoms with E-state index in [1.807, 2.05) is 47.1 Å². The van der Waals surface area contributed by atoms with Crippen LogP contribution in [0.1, 0.15) is 88.6 Å². The van der Waals surface area contributed by atoms with Crippen LogP contribution in [0.5, 0.6) is 5.75 Å². The maximum Gasteiger partial charge on any atom is 0.407 e. The Morgan fingerprint density at radius 2 is 1.79 bits per heavy atom. The van der Waals surface area contributed by atoms with Crippen LogP contribution in [-0.4, -0.2) is 70.3 Å². The summed E-state index contributed by atoms with van der Waals surface area (Å²) in [5.74, 6) is 2.51. The number of anilines is 1. The number of hydrogen-bond donors (Lipinski definition) is 2. The third-order valence-electron chi connectivity index (χ3n) is 9.76. The van der Waals surface area contributed by atoms with Crippen molar-refractivity contribution in [2.75, 3.05) is 38.3 Å². The van der Waals surface area contributed by atoms with E-state index in [1.54, 1.807) is 13.3 Å². The highest BCUT2D eigenvalue weighted by molar-refractivity contribution is 5.94. The SMILES string of the molecule is COc1ccc(C2CCC(CN(C(=O)C3CCC(COC(=O)NCCO)CC3)c3cc(-c4cnn(C(C)C)c4)ccn3)CC2)nc1C. The number of carbonyl (C=O) groups excluding carboxylic acids is 2. The first kappa shape index (κ1) is 34.3. The van der Waals surface area contributed by atoms with Crippen LogP contribution in [0, 0.1) is 24.7 Å². The molecule has 0 saturated heterocycles. The molecule has 2 amide bonds. The molecule has 5 rings (SSSR count). The fraction of sp³-hybridized carbons (Fsp3) is 0.583. The minimum atomic E-state index is -0.513. The fourth-order valence-electron chi connectivity index (χ4n) is 6.92. The number of hydrogen-bond acceptors (Lipinski definition) is 8.